The van der Waals surface area contributed by atoms with Gasteiger partial charge in [0.1, 0.15) is 0 Å². The van der Waals surface area contributed by atoms with Crippen molar-refractivity contribution in [2.75, 3.05) is 6.61 Å². The predicted octanol–water partition coefficient (Wildman–Crippen LogP) is 2.58. The Balaban J connectivity index is 2.68. The van der Waals surface area contributed by atoms with E-state index in [-0.39, 0.29) is 34.7 Å². The van der Waals surface area contributed by atoms with Crippen LogP contribution in [0.5, 0.6) is 0 Å². The number of nitrogens with zero attached hydrogens (tertiary/aromatic N) is 1. The Bertz CT molecular complexity index is 705. The van der Waals surface area contributed by atoms with Crippen molar-refractivity contribution in [3.8, 4) is 11.1 Å². The first-order valence-electron chi connectivity index (χ1n) is 6.17. The fraction of sp³-hybridized carbons (Fsp3) is 0.143. The lowest BCUT2D eigenvalue weighted by molar-refractivity contribution is -0.384. The summed E-state index contributed by atoms with van der Waals surface area (Å²) in [7, 11) is 0. The maximum Gasteiger partial charge on any atom is 0.340 e. The number of esters is 1. The summed E-state index contributed by atoms with van der Waals surface area (Å²) in [5, 5.41) is 11.1. The SMILES string of the molecule is CCOC(=O)c1c[nH]c(C=O)c1-c1ccccc1[N+](=O)[O-]. The fourth-order valence-electron chi connectivity index (χ4n) is 2.04. The monoisotopic (exact) mass is 288 g/mol. The normalized spacial score (nSPS) is 10.1. The number of ether oxygens (including phenoxy) is 1. The summed E-state index contributed by atoms with van der Waals surface area (Å²) in [5.41, 5.74) is 0.357. The quantitative estimate of drug-likeness (QED) is 0.394. The Labute approximate surface area is 119 Å². The van der Waals surface area contributed by atoms with Gasteiger partial charge in [-0.2, -0.15) is 0 Å². The van der Waals surface area contributed by atoms with Crippen molar-refractivity contribution < 1.29 is 19.2 Å². The number of nitrogens with one attached hydrogen (secondary N) is 1. The summed E-state index contributed by atoms with van der Waals surface area (Å²) in [6, 6.07) is 5.90. The van der Waals surface area contributed by atoms with Gasteiger partial charge in [0, 0.05) is 17.8 Å². The van der Waals surface area contributed by atoms with Crippen LogP contribution in [-0.2, 0) is 4.74 Å². The van der Waals surface area contributed by atoms with E-state index in [0.29, 0.717) is 6.29 Å². The molecule has 0 spiro atoms. The summed E-state index contributed by atoms with van der Waals surface area (Å²) in [4.78, 5) is 36.2. The Morgan fingerprint density at radius 1 is 1.43 bits per heavy atom. The minimum atomic E-state index is -0.644. The molecule has 0 aliphatic rings. The number of hydrogen-bond donors (Lipinski definition) is 1. The first-order chi connectivity index (χ1) is 10.1. The number of aromatic amines is 1. The Morgan fingerprint density at radius 2 is 2.14 bits per heavy atom. The van der Waals surface area contributed by atoms with Crippen molar-refractivity contribution in [2.45, 2.75) is 6.92 Å². The summed E-state index contributed by atoms with van der Waals surface area (Å²) in [6.45, 7) is 1.81. The molecule has 0 saturated carbocycles. The van der Waals surface area contributed by atoms with Gasteiger partial charge in [-0.25, -0.2) is 4.79 Å². The molecule has 7 nitrogen and oxygen atoms in total. The zero-order chi connectivity index (χ0) is 15.4. The third kappa shape index (κ3) is 2.66. The van der Waals surface area contributed by atoms with E-state index in [1.54, 1.807) is 13.0 Å². The molecule has 21 heavy (non-hydrogen) atoms. The van der Waals surface area contributed by atoms with Crippen molar-refractivity contribution in [3.05, 3.63) is 51.8 Å². The van der Waals surface area contributed by atoms with Crippen LogP contribution in [0.4, 0.5) is 5.69 Å². The molecule has 0 saturated heterocycles. The average molecular weight is 288 g/mol. The van der Waals surface area contributed by atoms with Crippen LogP contribution >= 0.6 is 0 Å². The minimum Gasteiger partial charge on any atom is -0.462 e. The van der Waals surface area contributed by atoms with E-state index in [1.165, 1.54) is 24.4 Å². The summed E-state index contributed by atoms with van der Waals surface area (Å²) >= 11 is 0. The van der Waals surface area contributed by atoms with Crippen LogP contribution in [0.2, 0.25) is 0 Å². The van der Waals surface area contributed by atoms with E-state index < -0.39 is 10.9 Å². The summed E-state index contributed by atoms with van der Waals surface area (Å²) < 4.78 is 4.90. The van der Waals surface area contributed by atoms with E-state index in [4.69, 9.17) is 4.74 Å². The lowest BCUT2D eigenvalue weighted by Gasteiger charge is -2.06. The van der Waals surface area contributed by atoms with Crippen molar-refractivity contribution >= 4 is 17.9 Å². The van der Waals surface area contributed by atoms with Crippen LogP contribution in [0, 0.1) is 10.1 Å². The van der Waals surface area contributed by atoms with Gasteiger partial charge in [0.2, 0.25) is 0 Å². The van der Waals surface area contributed by atoms with E-state index in [9.17, 15) is 19.7 Å². The highest BCUT2D eigenvalue weighted by Gasteiger charge is 2.25. The molecule has 0 aliphatic heterocycles. The first-order valence-corrected chi connectivity index (χ1v) is 6.17. The van der Waals surface area contributed by atoms with E-state index in [0.717, 1.165) is 0 Å². The van der Waals surface area contributed by atoms with Crippen molar-refractivity contribution in [1.29, 1.82) is 0 Å². The predicted molar refractivity (Wildman–Crippen MR) is 74.2 cm³/mol. The summed E-state index contributed by atoms with van der Waals surface area (Å²) in [6.07, 6.45) is 1.82. The van der Waals surface area contributed by atoms with Gasteiger partial charge < -0.3 is 9.72 Å². The van der Waals surface area contributed by atoms with Crippen molar-refractivity contribution in [2.24, 2.45) is 0 Å². The molecular weight excluding hydrogens is 276 g/mol. The Hall–Kier alpha value is -2.96. The highest BCUT2D eigenvalue weighted by atomic mass is 16.6. The second kappa shape index (κ2) is 6.00. The number of para-hydroxylation sites is 1. The lowest BCUT2D eigenvalue weighted by Crippen LogP contribution is -2.05. The Kier molecular flexibility index (Phi) is 4.13. The fourth-order valence-corrected chi connectivity index (χ4v) is 2.04. The molecule has 0 aliphatic carbocycles. The smallest absolute Gasteiger partial charge is 0.340 e. The maximum atomic E-state index is 11.9. The molecule has 2 aromatic rings. The zero-order valence-electron chi connectivity index (χ0n) is 11.2. The van der Waals surface area contributed by atoms with Gasteiger partial charge in [-0.1, -0.05) is 12.1 Å². The molecule has 0 radical (unpaired) electrons. The van der Waals surface area contributed by atoms with Gasteiger partial charge in [-0.05, 0) is 13.0 Å². The van der Waals surface area contributed by atoms with Crippen LogP contribution < -0.4 is 0 Å². The van der Waals surface area contributed by atoms with Crippen molar-refractivity contribution in [1.82, 2.24) is 4.98 Å². The number of aromatic nitrogens is 1. The van der Waals surface area contributed by atoms with E-state index >= 15 is 0 Å². The highest BCUT2D eigenvalue weighted by Crippen LogP contribution is 2.34. The number of benzene rings is 1. The van der Waals surface area contributed by atoms with Crippen LogP contribution in [0.3, 0.4) is 0 Å². The van der Waals surface area contributed by atoms with E-state index in [2.05, 4.69) is 4.98 Å². The minimum absolute atomic E-state index is 0.0901. The third-order valence-corrected chi connectivity index (χ3v) is 2.89. The van der Waals surface area contributed by atoms with Gasteiger partial charge in [0.15, 0.2) is 6.29 Å². The average Bonchev–Trinajstić information content (AvgIpc) is 2.91. The largest absolute Gasteiger partial charge is 0.462 e. The summed E-state index contributed by atoms with van der Waals surface area (Å²) in [5.74, 6) is -0.644. The molecule has 1 aromatic carbocycles. The number of carbonyl (C=O) groups excluding carboxylic acids is 2. The molecule has 0 atom stereocenters. The molecule has 108 valence electrons. The molecule has 1 heterocycles. The highest BCUT2D eigenvalue weighted by molar-refractivity contribution is 6.03. The molecular formula is C14H12N2O5. The number of rotatable bonds is 5. The van der Waals surface area contributed by atoms with Gasteiger partial charge in [0.25, 0.3) is 5.69 Å². The molecule has 1 N–H and O–H groups in total. The van der Waals surface area contributed by atoms with Gasteiger partial charge in [-0.3, -0.25) is 14.9 Å². The standard InChI is InChI=1S/C14H12N2O5/c1-2-21-14(18)10-7-15-11(8-17)13(10)9-5-3-4-6-12(9)16(19)20/h3-8,15H,2H2,1H3. The zero-order valence-corrected chi connectivity index (χ0v) is 11.2. The number of nitro groups is 1. The molecule has 0 amide bonds. The molecule has 0 fully saturated rings. The van der Waals surface area contributed by atoms with Crippen LogP contribution in [-0.4, -0.2) is 28.8 Å². The molecule has 0 bridgehead atoms. The number of nitro benzene ring substituents is 1. The van der Waals surface area contributed by atoms with Crippen LogP contribution in [0.15, 0.2) is 30.5 Å². The van der Waals surface area contributed by atoms with Gasteiger partial charge >= 0.3 is 5.97 Å². The van der Waals surface area contributed by atoms with Gasteiger partial charge in [-0.15, -0.1) is 0 Å². The number of carbonyl (C=O) groups is 2. The molecule has 1 aromatic heterocycles. The Morgan fingerprint density at radius 3 is 2.76 bits per heavy atom. The number of aldehydes is 1. The maximum absolute atomic E-state index is 11.9. The lowest BCUT2D eigenvalue weighted by atomic mass is 10.00. The molecule has 2 rings (SSSR count). The topological polar surface area (TPSA) is 102 Å². The molecule has 0 unspecified atom stereocenters. The third-order valence-electron chi connectivity index (χ3n) is 2.89. The van der Waals surface area contributed by atoms with Crippen molar-refractivity contribution in [3.63, 3.8) is 0 Å². The number of hydrogen-bond acceptors (Lipinski definition) is 5. The van der Waals surface area contributed by atoms with Gasteiger partial charge in [0.05, 0.1) is 28.4 Å². The van der Waals surface area contributed by atoms with Crippen LogP contribution in [0.1, 0.15) is 27.8 Å². The van der Waals surface area contributed by atoms with Crippen LogP contribution in [0.25, 0.3) is 11.1 Å². The number of H-pyrrole nitrogens is 1. The second-order valence-corrected chi connectivity index (χ2v) is 4.10. The first kappa shape index (κ1) is 14.4. The van der Waals surface area contributed by atoms with E-state index in [1.807, 2.05) is 0 Å². The molecule has 7 heteroatoms. The second-order valence-electron chi connectivity index (χ2n) is 4.10.